The molecule has 2 aliphatic rings. The number of fused-ring (bicyclic) bond motifs is 2. The number of nitrogens with zero attached hydrogens (tertiary/aromatic N) is 3. The summed E-state index contributed by atoms with van der Waals surface area (Å²) in [6, 6.07) is 12.6. The van der Waals surface area contributed by atoms with Gasteiger partial charge in [0.25, 0.3) is 0 Å². The maximum Gasteiger partial charge on any atom is 0.177 e. The minimum absolute atomic E-state index is 0.364. The Balaban J connectivity index is 1.57. The highest BCUT2D eigenvalue weighted by atomic mass is 16.5. The number of pyridine rings is 1. The van der Waals surface area contributed by atoms with Crippen molar-refractivity contribution < 1.29 is 4.74 Å². The fourth-order valence-corrected chi connectivity index (χ4v) is 3.89. The van der Waals surface area contributed by atoms with Gasteiger partial charge in [-0.3, -0.25) is 0 Å². The van der Waals surface area contributed by atoms with Gasteiger partial charge in [-0.1, -0.05) is 36.4 Å². The summed E-state index contributed by atoms with van der Waals surface area (Å²) < 4.78 is 8.28. The topological polar surface area (TPSA) is 39.9 Å². The molecule has 4 heteroatoms. The molecule has 0 radical (unpaired) electrons. The molecule has 1 aliphatic heterocycles. The molecule has 1 fully saturated rings. The molecule has 5 rings (SSSR count). The second kappa shape index (κ2) is 5.84. The summed E-state index contributed by atoms with van der Waals surface area (Å²) in [4.78, 5) is 9.07. The average Bonchev–Trinajstić information content (AvgIpc) is 3.25. The minimum Gasteiger partial charge on any atom is -0.494 e. The SMILES string of the molecule is CC1=CC2CC2OC(C)=C1c1cnc2ncn(Cc3ccccc3)c2c1. The first-order chi connectivity index (χ1) is 12.7. The Morgan fingerprint density at radius 1 is 1.15 bits per heavy atom. The van der Waals surface area contributed by atoms with Crippen LogP contribution in [-0.4, -0.2) is 20.6 Å². The zero-order valence-corrected chi connectivity index (χ0v) is 15.0. The van der Waals surface area contributed by atoms with Gasteiger partial charge in [0.1, 0.15) is 11.9 Å². The van der Waals surface area contributed by atoms with Crippen LogP contribution in [0.5, 0.6) is 0 Å². The van der Waals surface area contributed by atoms with Gasteiger partial charge in [0, 0.05) is 29.8 Å². The molecule has 2 unspecified atom stereocenters. The Hall–Kier alpha value is -2.88. The van der Waals surface area contributed by atoms with Gasteiger partial charge >= 0.3 is 0 Å². The molecule has 0 bridgehead atoms. The third-order valence-corrected chi connectivity index (χ3v) is 5.28. The van der Waals surface area contributed by atoms with E-state index in [1.807, 2.05) is 18.6 Å². The molecular weight excluding hydrogens is 322 g/mol. The summed E-state index contributed by atoms with van der Waals surface area (Å²) in [7, 11) is 0. The first kappa shape index (κ1) is 15.4. The lowest BCUT2D eigenvalue weighted by Gasteiger charge is -2.13. The van der Waals surface area contributed by atoms with Crippen molar-refractivity contribution in [3.05, 3.63) is 77.5 Å². The van der Waals surface area contributed by atoms with Gasteiger partial charge < -0.3 is 9.30 Å². The van der Waals surface area contributed by atoms with E-state index < -0.39 is 0 Å². The Kier molecular flexibility index (Phi) is 3.45. The van der Waals surface area contributed by atoms with Crippen molar-refractivity contribution in [1.82, 2.24) is 14.5 Å². The summed E-state index contributed by atoms with van der Waals surface area (Å²) in [6.07, 6.45) is 7.64. The normalized spacial score (nSPS) is 21.8. The lowest BCUT2D eigenvalue weighted by atomic mass is 9.98. The average molecular weight is 343 g/mol. The Bertz CT molecular complexity index is 1050. The highest BCUT2D eigenvalue weighted by Crippen LogP contribution is 2.43. The number of rotatable bonds is 3. The fourth-order valence-electron chi connectivity index (χ4n) is 3.89. The number of allylic oxidation sites excluding steroid dienone is 3. The number of hydrogen-bond acceptors (Lipinski definition) is 3. The quantitative estimate of drug-likeness (QED) is 0.699. The van der Waals surface area contributed by atoms with E-state index in [2.05, 4.69) is 64.8 Å². The molecule has 1 aliphatic carbocycles. The van der Waals surface area contributed by atoms with Crippen molar-refractivity contribution in [2.75, 3.05) is 0 Å². The van der Waals surface area contributed by atoms with E-state index in [1.165, 1.54) is 16.7 Å². The van der Waals surface area contributed by atoms with Crippen molar-refractivity contribution in [3.63, 3.8) is 0 Å². The van der Waals surface area contributed by atoms with Gasteiger partial charge in [0.2, 0.25) is 0 Å². The second-order valence-electron chi connectivity index (χ2n) is 7.26. The van der Waals surface area contributed by atoms with Crippen molar-refractivity contribution in [3.8, 4) is 0 Å². The molecule has 0 amide bonds. The molecule has 3 aromatic rings. The predicted octanol–water partition coefficient (Wildman–Crippen LogP) is 4.58. The van der Waals surface area contributed by atoms with Crippen LogP contribution < -0.4 is 0 Å². The van der Waals surface area contributed by atoms with Crippen molar-refractivity contribution in [1.29, 1.82) is 0 Å². The first-order valence-electron chi connectivity index (χ1n) is 9.10. The van der Waals surface area contributed by atoms with Crippen LogP contribution in [0.25, 0.3) is 16.7 Å². The van der Waals surface area contributed by atoms with Crippen molar-refractivity contribution in [2.24, 2.45) is 5.92 Å². The number of ether oxygens (including phenoxy) is 1. The van der Waals surface area contributed by atoms with E-state index in [9.17, 15) is 0 Å². The van der Waals surface area contributed by atoms with Crippen LogP contribution in [0.2, 0.25) is 0 Å². The third kappa shape index (κ3) is 2.62. The van der Waals surface area contributed by atoms with Crippen molar-refractivity contribution >= 4 is 16.7 Å². The molecule has 4 nitrogen and oxygen atoms in total. The van der Waals surface area contributed by atoms with Gasteiger partial charge in [-0.25, -0.2) is 9.97 Å². The summed E-state index contributed by atoms with van der Waals surface area (Å²) in [6.45, 7) is 5.03. The van der Waals surface area contributed by atoms with Gasteiger partial charge in [-0.05, 0) is 37.5 Å². The van der Waals surface area contributed by atoms with Crippen LogP contribution in [0, 0.1) is 5.92 Å². The largest absolute Gasteiger partial charge is 0.494 e. The lowest BCUT2D eigenvalue weighted by Crippen LogP contribution is -2.00. The maximum atomic E-state index is 6.12. The van der Waals surface area contributed by atoms with Gasteiger partial charge in [0.15, 0.2) is 5.65 Å². The second-order valence-corrected chi connectivity index (χ2v) is 7.26. The van der Waals surface area contributed by atoms with Gasteiger partial charge in [0.05, 0.1) is 11.8 Å². The molecule has 2 aromatic heterocycles. The molecule has 0 N–H and O–H groups in total. The van der Waals surface area contributed by atoms with E-state index in [-0.39, 0.29) is 0 Å². The van der Waals surface area contributed by atoms with Gasteiger partial charge in [-0.2, -0.15) is 0 Å². The zero-order chi connectivity index (χ0) is 17.7. The van der Waals surface area contributed by atoms with Crippen LogP contribution in [-0.2, 0) is 11.3 Å². The lowest BCUT2D eigenvalue weighted by molar-refractivity contribution is 0.194. The summed E-state index contributed by atoms with van der Waals surface area (Å²) in [5.41, 5.74) is 6.62. The molecule has 3 heterocycles. The summed E-state index contributed by atoms with van der Waals surface area (Å²) >= 11 is 0. The van der Waals surface area contributed by atoms with E-state index in [1.54, 1.807) is 0 Å². The van der Waals surface area contributed by atoms with Crippen LogP contribution in [0.3, 0.4) is 0 Å². The summed E-state index contributed by atoms with van der Waals surface area (Å²) in [5.74, 6) is 1.57. The van der Waals surface area contributed by atoms with Crippen LogP contribution in [0.15, 0.2) is 66.3 Å². The van der Waals surface area contributed by atoms with E-state index in [4.69, 9.17) is 4.74 Å². The highest BCUT2D eigenvalue weighted by Gasteiger charge is 2.40. The first-order valence-corrected chi connectivity index (χ1v) is 9.10. The highest BCUT2D eigenvalue weighted by molar-refractivity contribution is 5.84. The number of hydrogen-bond donors (Lipinski definition) is 0. The zero-order valence-electron chi connectivity index (χ0n) is 15.0. The molecule has 0 saturated heterocycles. The predicted molar refractivity (Wildman–Crippen MR) is 102 cm³/mol. The smallest absolute Gasteiger partial charge is 0.177 e. The molecular formula is C22H21N3O. The van der Waals surface area contributed by atoms with Gasteiger partial charge in [-0.15, -0.1) is 0 Å². The molecule has 1 saturated carbocycles. The fraction of sp³-hybridized carbons (Fsp3) is 0.273. The van der Waals surface area contributed by atoms with E-state index in [0.717, 1.165) is 35.5 Å². The molecule has 26 heavy (non-hydrogen) atoms. The van der Waals surface area contributed by atoms with E-state index in [0.29, 0.717) is 12.0 Å². The monoisotopic (exact) mass is 343 g/mol. The minimum atomic E-state index is 0.364. The Morgan fingerprint density at radius 3 is 2.85 bits per heavy atom. The molecule has 2 atom stereocenters. The standard InChI is InChI=1S/C22H21N3O/c1-14-8-17-10-20(17)26-15(2)21(14)18-9-19-22(23-11-18)24-13-25(19)12-16-6-4-3-5-7-16/h3-9,11,13,17,20H,10,12H2,1-2H3. The number of benzene rings is 1. The number of aromatic nitrogens is 3. The molecule has 130 valence electrons. The van der Waals surface area contributed by atoms with Crippen molar-refractivity contribution in [2.45, 2.75) is 32.9 Å². The Labute approximate surface area is 152 Å². The molecule has 1 aromatic carbocycles. The van der Waals surface area contributed by atoms with Crippen LogP contribution in [0.1, 0.15) is 31.4 Å². The third-order valence-electron chi connectivity index (χ3n) is 5.28. The number of imidazole rings is 1. The van der Waals surface area contributed by atoms with Crippen LogP contribution >= 0.6 is 0 Å². The molecule has 0 spiro atoms. The van der Waals surface area contributed by atoms with E-state index >= 15 is 0 Å². The van der Waals surface area contributed by atoms with Crippen LogP contribution in [0.4, 0.5) is 0 Å². The summed E-state index contributed by atoms with van der Waals surface area (Å²) in [5, 5.41) is 0. The maximum absolute atomic E-state index is 6.12. The Morgan fingerprint density at radius 2 is 2.00 bits per heavy atom.